The van der Waals surface area contributed by atoms with Crippen molar-refractivity contribution in [2.45, 2.75) is 39.8 Å². The standard InChI is InChI=1S/C8H7N.C7H9.C2H6Si.2ClH.Zr/c1-6-5-7-3-2-4-8(7)9-6;1-2-7-5-3-4-6-7;1-3-2;;;/h2-5H,1H3;5-6H,2-3H2,1H3;1-2H3;2*1H;/q;;;;;+2/p-2. The van der Waals surface area contributed by atoms with Crippen LogP contribution in [0, 0.1) is 0 Å². The Balaban J connectivity index is 0.000000372. The molecule has 3 rings (SSSR count). The molecule has 0 bridgehead atoms. The molecule has 0 aromatic rings. The summed E-state index contributed by atoms with van der Waals surface area (Å²) in [7, 11) is 0. The minimum absolute atomic E-state index is 0. The van der Waals surface area contributed by atoms with E-state index in [9.17, 15) is 0 Å². The number of allylic oxidation sites excluding steroid dienone is 8. The predicted octanol–water partition coefficient (Wildman–Crippen LogP) is -1.21. The molecule has 117 valence electrons. The zero-order valence-electron chi connectivity index (χ0n) is 13.6. The Labute approximate surface area is 159 Å². The Morgan fingerprint density at radius 2 is 1.95 bits per heavy atom. The van der Waals surface area contributed by atoms with Crippen molar-refractivity contribution in [2.75, 3.05) is 0 Å². The fourth-order valence-corrected chi connectivity index (χ4v) is 9.88. The van der Waals surface area contributed by atoms with Crippen LogP contribution in [-0.4, -0.2) is 11.6 Å². The second-order valence-corrected chi connectivity index (χ2v) is 18.4. The van der Waals surface area contributed by atoms with Gasteiger partial charge in [-0.1, -0.05) is 12.2 Å². The molecule has 0 spiro atoms. The van der Waals surface area contributed by atoms with Gasteiger partial charge in [0.25, 0.3) is 0 Å². The molecule has 0 saturated carbocycles. The number of aliphatic imine (C=N–C) groups is 1. The van der Waals surface area contributed by atoms with Gasteiger partial charge in [-0.15, -0.1) is 0 Å². The molecule has 1 radical (unpaired) electrons. The molecule has 22 heavy (non-hydrogen) atoms. The van der Waals surface area contributed by atoms with Gasteiger partial charge in [-0.2, -0.15) is 0 Å². The van der Waals surface area contributed by atoms with Crippen molar-refractivity contribution in [3.8, 4) is 0 Å². The summed E-state index contributed by atoms with van der Waals surface area (Å²) in [5, 5.41) is 0. The monoisotopic (exact) mass is 428 g/mol. The van der Waals surface area contributed by atoms with Gasteiger partial charge in [-0.25, -0.2) is 0 Å². The summed E-state index contributed by atoms with van der Waals surface area (Å²) in [4.78, 5) is 4.27. The van der Waals surface area contributed by atoms with Gasteiger partial charge >= 0.3 is 82.2 Å². The van der Waals surface area contributed by atoms with Crippen molar-refractivity contribution < 1.29 is 47.2 Å². The summed E-state index contributed by atoms with van der Waals surface area (Å²) in [5.74, 6) is 0.120. The first kappa shape index (κ1) is 22.1. The molecule has 1 heterocycles. The maximum Gasteiger partial charge on any atom is -1.00 e. The van der Waals surface area contributed by atoms with E-state index in [2.05, 4.69) is 49.3 Å². The van der Waals surface area contributed by atoms with Crippen LogP contribution >= 0.6 is 0 Å². The second-order valence-electron chi connectivity index (χ2n) is 5.40. The van der Waals surface area contributed by atoms with E-state index in [-0.39, 0.29) is 53.1 Å². The second kappa shape index (κ2) is 10.8. The minimum Gasteiger partial charge on any atom is -1.00 e. The van der Waals surface area contributed by atoms with Crippen molar-refractivity contribution in [3.63, 3.8) is 0 Å². The molecule has 0 aromatic carbocycles. The number of nitrogens with zero attached hydrogens (tertiary/aromatic N) is 1. The summed E-state index contributed by atoms with van der Waals surface area (Å²) in [5.41, 5.74) is 5.07. The van der Waals surface area contributed by atoms with Crippen molar-refractivity contribution in [3.05, 3.63) is 56.6 Å². The van der Waals surface area contributed by atoms with Gasteiger partial charge in [-0.3, -0.25) is 4.99 Å². The largest absolute Gasteiger partial charge is 1.00 e. The zero-order valence-corrected chi connectivity index (χ0v) is 18.6. The summed E-state index contributed by atoms with van der Waals surface area (Å²) >= 11 is -0.0737. The fourth-order valence-electron chi connectivity index (χ4n) is 2.33. The molecule has 1 aliphatic heterocycles. The topological polar surface area (TPSA) is 12.4 Å². The predicted molar refractivity (Wildman–Crippen MR) is 87.0 cm³/mol. The average Bonchev–Trinajstić information content (AvgIpc) is 3.04. The van der Waals surface area contributed by atoms with Crippen LogP contribution in [0.2, 0.25) is 13.1 Å². The smallest absolute Gasteiger partial charge is 1.00 e. The van der Waals surface area contributed by atoms with Crippen LogP contribution in [0.3, 0.4) is 0 Å². The Bertz CT molecular complexity index is 569. The molecular weight excluding hydrogens is 408 g/mol. The summed E-state index contributed by atoms with van der Waals surface area (Å²) < 4.78 is 1.84. The first-order chi connectivity index (χ1) is 9.58. The molecule has 2 aliphatic carbocycles. The van der Waals surface area contributed by atoms with Crippen LogP contribution in [0.25, 0.3) is 0 Å². The number of hydrogen-bond donors (Lipinski definition) is 0. The molecule has 1 nitrogen and oxygen atoms in total. The van der Waals surface area contributed by atoms with Crippen LogP contribution < -0.4 is 24.8 Å². The quantitative estimate of drug-likeness (QED) is 0.499. The Morgan fingerprint density at radius 1 is 1.23 bits per heavy atom. The molecular formula is C17H22Cl2NSiZr. The molecule has 0 amide bonds. The van der Waals surface area contributed by atoms with Crippen molar-refractivity contribution >= 4 is 11.6 Å². The van der Waals surface area contributed by atoms with Gasteiger partial charge < -0.3 is 24.8 Å². The summed E-state index contributed by atoms with van der Waals surface area (Å²) in [6.45, 7) is 9.18. The van der Waals surface area contributed by atoms with Crippen LogP contribution in [0.1, 0.15) is 26.7 Å². The van der Waals surface area contributed by atoms with Crippen LogP contribution in [0.5, 0.6) is 0 Å². The van der Waals surface area contributed by atoms with Crippen LogP contribution in [0.4, 0.5) is 0 Å². The summed E-state index contributed by atoms with van der Waals surface area (Å²) in [6.07, 6.45) is 15.7. The third-order valence-corrected chi connectivity index (χ3v) is 11.0. The Morgan fingerprint density at radius 3 is 2.50 bits per heavy atom. The van der Waals surface area contributed by atoms with E-state index in [1.807, 2.05) is 22.4 Å². The zero-order chi connectivity index (χ0) is 14.5. The van der Waals surface area contributed by atoms with E-state index in [1.165, 1.54) is 18.4 Å². The van der Waals surface area contributed by atoms with E-state index >= 15 is 0 Å². The normalized spacial score (nSPS) is 16.9. The average molecular weight is 431 g/mol. The number of fused-ring (bicyclic) bond motifs is 1. The van der Waals surface area contributed by atoms with E-state index in [4.69, 9.17) is 0 Å². The van der Waals surface area contributed by atoms with Gasteiger partial charge in [0, 0.05) is 11.3 Å². The van der Waals surface area contributed by atoms with Gasteiger partial charge in [0.05, 0.1) is 5.70 Å². The molecule has 3 aliphatic rings. The number of rotatable bonds is 3. The first-order valence-electron chi connectivity index (χ1n) is 7.21. The first-order valence-corrected chi connectivity index (χ1v) is 14.6. The van der Waals surface area contributed by atoms with E-state index < -0.39 is 0 Å². The van der Waals surface area contributed by atoms with Crippen molar-refractivity contribution in [1.82, 2.24) is 0 Å². The SMILES string of the molecule is CC1=NC2=CC=CC2=C1.CCC1=CC[C]([Zr+2][Si](C)C)=C1.[Cl-].[Cl-]. The van der Waals surface area contributed by atoms with Crippen molar-refractivity contribution in [2.24, 2.45) is 4.99 Å². The molecule has 0 unspecified atom stereocenters. The van der Waals surface area contributed by atoms with Crippen LogP contribution in [-0.2, 0) is 22.4 Å². The van der Waals surface area contributed by atoms with E-state index in [1.54, 1.807) is 5.57 Å². The molecule has 0 fully saturated rings. The number of halogens is 2. The maximum absolute atomic E-state index is 4.27. The third-order valence-electron chi connectivity index (χ3n) is 3.25. The van der Waals surface area contributed by atoms with Gasteiger partial charge in [0.15, 0.2) is 0 Å². The molecule has 0 saturated heterocycles. The Kier molecular flexibility index (Phi) is 10.8. The molecule has 0 N–H and O–H groups in total. The molecule has 5 heteroatoms. The van der Waals surface area contributed by atoms with Gasteiger partial charge in [0.2, 0.25) is 0 Å². The fraction of sp³-hybridized carbons (Fsp3) is 0.353. The van der Waals surface area contributed by atoms with Gasteiger partial charge in [0.1, 0.15) is 0 Å². The third kappa shape index (κ3) is 6.66. The number of hydrogen-bond acceptors (Lipinski definition) is 1. The van der Waals surface area contributed by atoms with Gasteiger partial charge in [-0.05, 0) is 19.1 Å². The molecule has 0 atom stereocenters. The van der Waals surface area contributed by atoms with Crippen LogP contribution in [0.15, 0.2) is 61.6 Å². The summed E-state index contributed by atoms with van der Waals surface area (Å²) in [6, 6.07) is 0. The maximum atomic E-state index is 4.27. The molecule has 0 aromatic heterocycles. The Hall–Kier alpha value is 0.0500. The minimum atomic E-state index is -0.0737. The van der Waals surface area contributed by atoms with E-state index in [0.29, 0.717) is 0 Å². The van der Waals surface area contributed by atoms with E-state index in [0.717, 1.165) is 11.4 Å². The van der Waals surface area contributed by atoms with Crippen molar-refractivity contribution in [1.29, 1.82) is 0 Å².